The number of carboxylic acids is 1. The lowest BCUT2D eigenvalue weighted by atomic mass is 9.93. The van der Waals surface area contributed by atoms with Gasteiger partial charge in [-0.15, -0.1) is 0 Å². The average molecular weight is 381 g/mol. The van der Waals surface area contributed by atoms with Crippen LogP contribution in [0.1, 0.15) is 30.1 Å². The highest BCUT2D eigenvalue weighted by atomic mass is 35.5. The second-order valence-corrected chi connectivity index (χ2v) is 7.50. The molecule has 4 rings (SSSR count). The van der Waals surface area contributed by atoms with E-state index in [-0.39, 0.29) is 12.0 Å². The zero-order valence-electron chi connectivity index (χ0n) is 14.9. The van der Waals surface area contributed by atoms with Crippen LogP contribution in [0, 0.1) is 5.92 Å². The number of carboxylic acid groups (broad SMARTS) is 1. The highest BCUT2D eigenvalue weighted by Crippen LogP contribution is 2.33. The number of fused-ring (bicyclic) bond motifs is 1. The number of hydrogen-bond acceptors (Lipinski definition) is 3. The van der Waals surface area contributed by atoms with Gasteiger partial charge in [-0.05, 0) is 49.2 Å². The maximum absolute atomic E-state index is 11.6. The lowest BCUT2D eigenvalue weighted by molar-refractivity contribution is -0.143. The summed E-state index contributed by atoms with van der Waals surface area (Å²) in [7, 11) is 0. The first-order chi connectivity index (χ1) is 13.1. The number of halogens is 1. The van der Waals surface area contributed by atoms with Crippen molar-refractivity contribution in [3.8, 4) is 0 Å². The second kappa shape index (κ2) is 7.67. The van der Waals surface area contributed by atoms with Crippen molar-refractivity contribution in [1.82, 2.24) is 9.88 Å². The molecule has 0 saturated carbocycles. The first-order valence-corrected chi connectivity index (χ1v) is 9.57. The molecule has 5 heteroatoms. The van der Waals surface area contributed by atoms with E-state index in [9.17, 15) is 9.90 Å². The van der Waals surface area contributed by atoms with Crippen LogP contribution in [-0.4, -0.2) is 34.0 Å². The molecule has 2 unspecified atom stereocenters. The van der Waals surface area contributed by atoms with Crippen LogP contribution in [0.5, 0.6) is 0 Å². The predicted molar refractivity (Wildman–Crippen MR) is 107 cm³/mol. The molecule has 2 atom stereocenters. The van der Waals surface area contributed by atoms with Crippen molar-refractivity contribution in [1.29, 1.82) is 0 Å². The normalized spacial score (nSPS) is 19.1. The fraction of sp³-hybridized carbons (Fsp3) is 0.273. The molecule has 138 valence electrons. The van der Waals surface area contributed by atoms with Crippen LogP contribution >= 0.6 is 11.6 Å². The van der Waals surface area contributed by atoms with Gasteiger partial charge in [0.05, 0.1) is 23.2 Å². The van der Waals surface area contributed by atoms with E-state index in [1.54, 1.807) is 0 Å². The van der Waals surface area contributed by atoms with E-state index in [0.29, 0.717) is 11.6 Å². The summed E-state index contributed by atoms with van der Waals surface area (Å²) in [5.41, 5.74) is 2.90. The van der Waals surface area contributed by atoms with Gasteiger partial charge in [-0.2, -0.15) is 0 Å². The van der Waals surface area contributed by atoms with E-state index in [0.717, 1.165) is 41.5 Å². The Balaban J connectivity index is 1.78. The summed E-state index contributed by atoms with van der Waals surface area (Å²) in [6, 6.07) is 19.8. The number of rotatable bonds is 4. The lowest BCUT2D eigenvalue weighted by Gasteiger charge is -2.37. The molecular formula is C22H21ClN2O2. The van der Waals surface area contributed by atoms with E-state index in [1.165, 1.54) is 0 Å². The maximum atomic E-state index is 11.6. The summed E-state index contributed by atoms with van der Waals surface area (Å²) >= 11 is 6.26. The standard InChI is InChI=1S/C22H21ClN2O2/c23-18-8-3-6-16(13-18)21(25-12-4-7-17(14-25)22(26)27)20-11-10-15-5-1-2-9-19(15)24-20/h1-3,5-6,8-11,13,17,21H,4,7,12,14H2,(H,26,27). The minimum absolute atomic E-state index is 0.115. The van der Waals surface area contributed by atoms with Crippen LogP contribution in [0.4, 0.5) is 0 Å². The highest BCUT2D eigenvalue weighted by Gasteiger charge is 2.32. The topological polar surface area (TPSA) is 53.4 Å². The number of para-hydroxylation sites is 1. The third kappa shape index (κ3) is 3.82. The van der Waals surface area contributed by atoms with Crippen LogP contribution in [0.2, 0.25) is 5.02 Å². The van der Waals surface area contributed by atoms with Crippen LogP contribution in [0.3, 0.4) is 0 Å². The average Bonchev–Trinajstić information content (AvgIpc) is 2.68. The monoisotopic (exact) mass is 380 g/mol. The summed E-state index contributed by atoms with van der Waals surface area (Å²) in [6.07, 6.45) is 1.58. The zero-order chi connectivity index (χ0) is 18.8. The Morgan fingerprint density at radius 3 is 2.81 bits per heavy atom. The fourth-order valence-corrected chi connectivity index (χ4v) is 4.12. The summed E-state index contributed by atoms with van der Waals surface area (Å²) in [4.78, 5) is 18.7. The number of hydrogen-bond donors (Lipinski definition) is 1. The summed E-state index contributed by atoms with van der Waals surface area (Å²) < 4.78 is 0. The van der Waals surface area contributed by atoms with Crippen LogP contribution in [-0.2, 0) is 4.79 Å². The minimum Gasteiger partial charge on any atom is -0.481 e. The number of aromatic nitrogens is 1. The van der Waals surface area contributed by atoms with Gasteiger partial charge < -0.3 is 5.11 Å². The smallest absolute Gasteiger partial charge is 0.307 e. The van der Waals surface area contributed by atoms with Gasteiger partial charge in [0.2, 0.25) is 0 Å². The van der Waals surface area contributed by atoms with Gasteiger partial charge >= 0.3 is 5.97 Å². The van der Waals surface area contributed by atoms with Crippen molar-refractivity contribution in [3.05, 3.63) is 76.9 Å². The molecule has 1 fully saturated rings. The number of benzene rings is 2. The lowest BCUT2D eigenvalue weighted by Crippen LogP contribution is -2.41. The molecule has 4 nitrogen and oxygen atoms in total. The van der Waals surface area contributed by atoms with Crippen molar-refractivity contribution in [3.63, 3.8) is 0 Å². The molecule has 0 aliphatic carbocycles. The van der Waals surface area contributed by atoms with Gasteiger partial charge in [-0.25, -0.2) is 0 Å². The molecule has 2 heterocycles. The quantitative estimate of drug-likeness (QED) is 0.708. The summed E-state index contributed by atoms with van der Waals surface area (Å²) in [6.45, 7) is 1.36. The molecule has 2 aromatic carbocycles. The Labute approximate surface area is 163 Å². The third-order valence-corrected chi connectivity index (χ3v) is 5.47. The van der Waals surface area contributed by atoms with Crippen LogP contribution in [0.15, 0.2) is 60.7 Å². The van der Waals surface area contributed by atoms with Gasteiger partial charge in [0.15, 0.2) is 0 Å². The SMILES string of the molecule is O=C(O)C1CCCN(C(c2cccc(Cl)c2)c2ccc3ccccc3n2)C1. The van der Waals surface area contributed by atoms with Crippen molar-refractivity contribution in [2.45, 2.75) is 18.9 Å². The largest absolute Gasteiger partial charge is 0.481 e. The molecule has 3 aromatic rings. The first-order valence-electron chi connectivity index (χ1n) is 9.20. The molecule has 1 aliphatic rings. The highest BCUT2D eigenvalue weighted by molar-refractivity contribution is 6.30. The number of nitrogens with zero attached hydrogens (tertiary/aromatic N) is 2. The number of piperidine rings is 1. The minimum atomic E-state index is -0.726. The van der Waals surface area contributed by atoms with Crippen molar-refractivity contribution in [2.24, 2.45) is 5.92 Å². The molecule has 1 aromatic heterocycles. The zero-order valence-corrected chi connectivity index (χ0v) is 15.6. The molecule has 0 amide bonds. The number of likely N-dealkylation sites (tertiary alicyclic amines) is 1. The Hall–Kier alpha value is -2.43. The van der Waals surface area contributed by atoms with Crippen molar-refractivity contribution < 1.29 is 9.90 Å². The Bertz CT molecular complexity index is 975. The molecule has 0 bridgehead atoms. The molecule has 0 spiro atoms. The van der Waals surface area contributed by atoms with Crippen molar-refractivity contribution in [2.75, 3.05) is 13.1 Å². The maximum Gasteiger partial charge on any atom is 0.307 e. The van der Waals surface area contributed by atoms with Gasteiger partial charge in [0.1, 0.15) is 0 Å². The summed E-state index contributed by atoms with van der Waals surface area (Å²) in [5, 5.41) is 11.3. The molecule has 0 radical (unpaired) electrons. The molecule has 1 N–H and O–H groups in total. The van der Waals surface area contributed by atoms with Gasteiger partial charge in [0, 0.05) is 17.0 Å². The number of aliphatic carboxylic acids is 1. The van der Waals surface area contributed by atoms with Crippen LogP contribution < -0.4 is 0 Å². The van der Waals surface area contributed by atoms with Gasteiger partial charge in [-0.3, -0.25) is 14.7 Å². The predicted octanol–water partition coefficient (Wildman–Crippen LogP) is 4.77. The molecule has 1 saturated heterocycles. The van der Waals surface area contributed by atoms with E-state index in [2.05, 4.69) is 11.0 Å². The van der Waals surface area contributed by atoms with E-state index >= 15 is 0 Å². The first kappa shape index (κ1) is 18.0. The number of pyridine rings is 1. The molecule has 27 heavy (non-hydrogen) atoms. The van der Waals surface area contributed by atoms with E-state index < -0.39 is 5.97 Å². The number of carbonyl (C=O) groups is 1. The third-order valence-electron chi connectivity index (χ3n) is 5.23. The Kier molecular flexibility index (Phi) is 5.10. The molecular weight excluding hydrogens is 360 g/mol. The second-order valence-electron chi connectivity index (χ2n) is 7.06. The van der Waals surface area contributed by atoms with Gasteiger partial charge in [-0.1, -0.05) is 48.0 Å². The molecule has 1 aliphatic heterocycles. The Morgan fingerprint density at radius 2 is 2.00 bits per heavy atom. The Morgan fingerprint density at radius 1 is 1.15 bits per heavy atom. The fourth-order valence-electron chi connectivity index (χ4n) is 3.92. The van der Waals surface area contributed by atoms with Crippen LogP contribution in [0.25, 0.3) is 10.9 Å². The summed E-state index contributed by atoms with van der Waals surface area (Å²) in [5.74, 6) is -1.07. The van der Waals surface area contributed by atoms with Crippen molar-refractivity contribution >= 4 is 28.5 Å². The van der Waals surface area contributed by atoms with E-state index in [4.69, 9.17) is 16.6 Å². The van der Waals surface area contributed by atoms with Gasteiger partial charge in [0.25, 0.3) is 0 Å². The van der Waals surface area contributed by atoms with E-state index in [1.807, 2.05) is 54.6 Å².